The third-order valence-corrected chi connectivity index (χ3v) is 4.98. The van der Waals surface area contributed by atoms with Crippen molar-refractivity contribution in [1.82, 2.24) is 4.90 Å². The van der Waals surface area contributed by atoms with E-state index in [2.05, 4.69) is 24.1 Å². The van der Waals surface area contributed by atoms with Crippen LogP contribution < -0.4 is 5.32 Å². The molecule has 2 unspecified atom stereocenters. The van der Waals surface area contributed by atoms with E-state index in [0.29, 0.717) is 18.6 Å². The largest absolute Gasteiger partial charge is 0.393 e. The van der Waals surface area contributed by atoms with Crippen molar-refractivity contribution in [3.05, 3.63) is 29.3 Å². The van der Waals surface area contributed by atoms with Crippen molar-refractivity contribution in [2.45, 2.75) is 57.7 Å². The predicted octanol–water partition coefficient (Wildman–Crippen LogP) is 2.23. The minimum Gasteiger partial charge on any atom is -0.393 e. The maximum Gasteiger partial charge on any atom is 0.238 e. The number of carbonyl (C=O) groups excluding carboxylic acids is 1. The fourth-order valence-electron chi connectivity index (χ4n) is 3.69. The Kier molecular flexibility index (Phi) is 4.00. The summed E-state index contributed by atoms with van der Waals surface area (Å²) in [5.74, 6) is 0.0477. The van der Waals surface area contributed by atoms with Crippen molar-refractivity contribution in [1.29, 1.82) is 0 Å². The molecule has 2 aliphatic rings. The minimum atomic E-state index is -0.179. The maximum absolute atomic E-state index is 12.3. The second kappa shape index (κ2) is 5.78. The standard InChI is InChI=1S/C17H24N2O2/c1-11-3-4-13(7-12(11)2)18-17(21)10-19-14-5-6-15(19)9-16(20)8-14/h3-4,7,14-16,20H,5-6,8-10H2,1-2H3,(H,18,21). The Morgan fingerprint density at radius 3 is 2.52 bits per heavy atom. The van der Waals surface area contributed by atoms with E-state index in [9.17, 15) is 9.90 Å². The number of rotatable bonds is 3. The zero-order valence-electron chi connectivity index (χ0n) is 12.8. The van der Waals surface area contributed by atoms with Crippen LogP contribution in [0.2, 0.25) is 0 Å². The smallest absolute Gasteiger partial charge is 0.238 e. The molecule has 1 amide bonds. The van der Waals surface area contributed by atoms with Crippen molar-refractivity contribution in [3.63, 3.8) is 0 Å². The molecule has 1 aromatic rings. The fourth-order valence-corrected chi connectivity index (χ4v) is 3.69. The Balaban J connectivity index is 1.60. The van der Waals surface area contributed by atoms with Gasteiger partial charge in [-0.3, -0.25) is 9.69 Å². The maximum atomic E-state index is 12.3. The highest BCUT2D eigenvalue weighted by Gasteiger charge is 2.40. The third-order valence-electron chi connectivity index (χ3n) is 4.98. The molecule has 2 saturated heterocycles. The summed E-state index contributed by atoms with van der Waals surface area (Å²) < 4.78 is 0. The van der Waals surface area contributed by atoms with Gasteiger partial charge in [0.1, 0.15) is 0 Å². The van der Waals surface area contributed by atoms with E-state index in [1.807, 2.05) is 18.2 Å². The van der Waals surface area contributed by atoms with Crippen molar-refractivity contribution >= 4 is 11.6 Å². The zero-order valence-corrected chi connectivity index (χ0v) is 12.8. The molecule has 114 valence electrons. The molecule has 4 heteroatoms. The first-order valence-electron chi connectivity index (χ1n) is 7.84. The highest BCUT2D eigenvalue weighted by atomic mass is 16.3. The van der Waals surface area contributed by atoms with Crippen molar-refractivity contribution in [2.24, 2.45) is 0 Å². The first-order chi connectivity index (χ1) is 10.0. The lowest BCUT2D eigenvalue weighted by Crippen LogP contribution is -2.47. The number of aliphatic hydroxyl groups is 1. The van der Waals surface area contributed by atoms with Gasteiger partial charge in [0.2, 0.25) is 5.91 Å². The summed E-state index contributed by atoms with van der Waals surface area (Å²) in [6, 6.07) is 6.76. The number of nitrogens with one attached hydrogen (secondary N) is 1. The average Bonchev–Trinajstić information content (AvgIpc) is 2.67. The lowest BCUT2D eigenvalue weighted by Gasteiger charge is -2.36. The van der Waals surface area contributed by atoms with Crippen molar-refractivity contribution in [2.75, 3.05) is 11.9 Å². The Hall–Kier alpha value is -1.39. The van der Waals surface area contributed by atoms with Crippen LogP contribution in [0.25, 0.3) is 0 Å². The van der Waals surface area contributed by atoms with Crippen LogP contribution in [0.5, 0.6) is 0 Å². The van der Waals surface area contributed by atoms with Crippen LogP contribution in [0, 0.1) is 13.8 Å². The molecule has 0 saturated carbocycles. The fraction of sp³-hybridized carbons (Fsp3) is 0.588. The number of hydrogen-bond acceptors (Lipinski definition) is 3. The molecule has 4 nitrogen and oxygen atoms in total. The van der Waals surface area contributed by atoms with Gasteiger partial charge in [0, 0.05) is 17.8 Å². The van der Waals surface area contributed by atoms with Gasteiger partial charge in [0.15, 0.2) is 0 Å². The highest BCUT2D eigenvalue weighted by Crippen LogP contribution is 2.35. The van der Waals surface area contributed by atoms with E-state index in [1.54, 1.807) is 0 Å². The van der Waals surface area contributed by atoms with Crippen molar-refractivity contribution < 1.29 is 9.90 Å². The Morgan fingerprint density at radius 2 is 1.90 bits per heavy atom. The molecule has 1 aromatic carbocycles. The lowest BCUT2D eigenvalue weighted by atomic mass is 10.00. The molecule has 2 bridgehead atoms. The Morgan fingerprint density at radius 1 is 1.24 bits per heavy atom. The monoisotopic (exact) mass is 288 g/mol. The summed E-state index contributed by atoms with van der Waals surface area (Å²) in [4.78, 5) is 14.5. The molecule has 2 heterocycles. The number of aliphatic hydroxyl groups excluding tert-OH is 1. The molecule has 0 radical (unpaired) electrons. The van der Waals surface area contributed by atoms with E-state index >= 15 is 0 Å². The summed E-state index contributed by atoms with van der Waals surface area (Å²) in [5, 5.41) is 12.8. The van der Waals surface area contributed by atoms with E-state index < -0.39 is 0 Å². The minimum absolute atomic E-state index is 0.0477. The number of carbonyl (C=O) groups is 1. The third kappa shape index (κ3) is 3.11. The molecule has 2 atom stereocenters. The lowest BCUT2D eigenvalue weighted by molar-refractivity contribution is -0.119. The molecule has 2 fully saturated rings. The predicted molar refractivity (Wildman–Crippen MR) is 83.3 cm³/mol. The van der Waals surface area contributed by atoms with Gasteiger partial charge in [-0.1, -0.05) is 6.07 Å². The van der Waals surface area contributed by atoms with Gasteiger partial charge in [-0.2, -0.15) is 0 Å². The molecular weight excluding hydrogens is 264 g/mol. The second-order valence-electron chi connectivity index (χ2n) is 6.53. The highest BCUT2D eigenvalue weighted by molar-refractivity contribution is 5.92. The summed E-state index contributed by atoms with van der Waals surface area (Å²) in [5.41, 5.74) is 3.29. The molecule has 0 spiro atoms. The van der Waals surface area contributed by atoms with E-state index in [0.717, 1.165) is 31.4 Å². The van der Waals surface area contributed by atoms with E-state index in [-0.39, 0.29) is 12.0 Å². The van der Waals surface area contributed by atoms with Gasteiger partial charge in [-0.05, 0) is 62.8 Å². The molecule has 21 heavy (non-hydrogen) atoms. The quantitative estimate of drug-likeness (QED) is 0.897. The Bertz CT molecular complexity index is 530. The molecule has 3 rings (SSSR count). The van der Waals surface area contributed by atoms with Gasteiger partial charge < -0.3 is 10.4 Å². The van der Waals surface area contributed by atoms with Crippen LogP contribution in [-0.4, -0.2) is 40.6 Å². The normalized spacial score (nSPS) is 28.6. The number of aryl methyl sites for hydroxylation is 2. The van der Waals surface area contributed by atoms with Crippen LogP contribution in [0.15, 0.2) is 18.2 Å². The first-order valence-corrected chi connectivity index (χ1v) is 7.84. The number of benzene rings is 1. The summed E-state index contributed by atoms with van der Waals surface area (Å²) in [6.45, 7) is 4.56. The van der Waals surface area contributed by atoms with Crippen LogP contribution in [-0.2, 0) is 4.79 Å². The number of amides is 1. The topological polar surface area (TPSA) is 52.6 Å². The van der Waals surface area contributed by atoms with Gasteiger partial charge >= 0.3 is 0 Å². The second-order valence-corrected chi connectivity index (χ2v) is 6.53. The van der Waals surface area contributed by atoms with Crippen LogP contribution in [0.1, 0.15) is 36.8 Å². The molecule has 0 aliphatic carbocycles. The number of piperidine rings is 1. The molecule has 2 aliphatic heterocycles. The number of fused-ring (bicyclic) bond motifs is 2. The van der Waals surface area contributed by atoms with E-state index in [1.165, 1.54) is 11.1 Å². The molecular formula is C17H24N2O2. The van der Waals surface area contributed by atoms with Gasteiger partial charge in [0.05, 0.1) is 12.6 Å². The van der Waals surface area contributed by atoms with Gasteiger partial charge in [-0.25, -0.2) is 0 Å². The van der Waals surface area contributed by atoms with Crippen LogP contribution in [0.3, 0.4) is 0 Å². The Labute approximate surface area is 126 Å². The zero-order chi connectivity index (χ0) is 15.0. The average molecular weight is 288 g/mol. The molecule has 0 aromatic heterocycles. The van der Waals surface area contributed by atoms with Crippen LogP contribution >= 0.6 is 0 Å². The number of hydrogen-bond donors (Lipinski definition) is 2. The SMILES string of the molecule is Cc1ccc(NC(=O)CN2C3CCC2CC(O)C3)cc1C. The summed E-state index contributed by atoms with van der Waals surface area (Å²) >= 11 is 0. The first kappa shape index (κ1) is 14.5. The van der Waals surface area contributed by atoms with Crippen molar-refractivity contribution in [3.8, 4) is 0 Å². The summed E-state index contributed by atoms with van der Waals surface area (Å²) in [6.07, 6.45) is 3.67. The van der Waals surface area contributed by atoms with Crippen LogP contribution in [0.4, 0.5) is 5.69 Å². The van der Waals surface area contributed by atoms with E-state index in [4.69, 9.17) is 0 Å². The molecule has 2 N–H and O–H groups in total. The van der Waals surface area contributed by atoms with Gasteiger partial charge in [-0.15, -0.1) is 0 Å². The van der Waals surface area contributed by atoms with Gasteiger partial charge in [0.25, 0.3) is 0 Å². The summed E-state index contributed by atoms with van der Waals surface area (Å²) in [7, 11) is 0. The number of nitrogens with zero attached hydrogens (tertiary/aromatic N) is 1. The number of anilines is 1.